The summed E-state index contributed by atoms with van der Waals surface area (Å²) in [4.78, 5) is 0. The van der Waals surface area contributed by atoms with Gasteiger partial charge in [0, 0.05) is 27.1 Å². The third-order valence-corrected chi connectivity index (χ3v) is 4.16. The normalized spacial score (nSPS) is 12.3. The van der Waals surface area contributed by atoms with Crippen LogP contribution < -0.4 is 0 Å². The van der Waals surface area contributed by atoms with Crippen molar-refractivity contribution in [2.75, 3.05) is 0 Å². The van der Waals surface area contributed by atoms with Crippen molar-refractivity contribution in [1.29, 1.82) is 0 Å². The molecule has 0 radical (unpaired) electrons. The van der Waals surface area contributed by atoms with E-state index in [1.54, 1.807) is 12.1 Å². The third-order valence-electron chi connectivity index (χ3n) is 2.54. The highest BCUT2D eigenvalue weighted by molar-refractivity contribution is 7.83. The fourth-order valence-electron chi connectivity index (χ4n) is 1.64. The van der Waals surface area contributed by atoms with E-state index in [1.807, 2.05) is 30.3 Å². The molecule has 0 aliphatic rings. The molecule has 18 heavy (non-hydrogen) atoms. The van der Waals surface area contributed by atoms with Gasteiger partial charge in [-0.3, -0.25) is 4.21 Å². The van der Waals surface area contributed by atoms with Crippen molar-refractivity contribution in [1.82, 2.24) is 0 Å². The largest absolute Gasteiger partial charge is 0.259 e. The average Bonchev–Trinajstić information content (AvgIpc) is 2.35. The lowest BCUT2D eigenvalue weighted by atomic mass is 10.2. The van der Waals surface area contributed by atoms with E-state index in [2.05, 4.69) is 0 Å². The van der Waals surface area contributed by atoms with Gasteiger partial charge in [-0.1, -0.05) is 48.0 Å². The minimum absolute atomic E-state index is 0.139. The maximum Gasteiger partial charge on any atom is 0.128 e. The molecule has 0 saturated heterocycles. The molecule has 1 nitrogen and oxygen atoms in total. The van der Waals surface area contributed by atoms with Gasteiger partial charge in [-0.25, -0.2) is 4.39 Å². The highest BCUT2D eigenvalue weighted by Gasteiger charge is 2.11. The number of rotatable bonds is 4. The standard InChI is InChI=1S/C14H12ClFOS/c15-13-7-4-8-14(16)12(13)10-18(17)9-11-5-2-1-3-6-11/h1-8H,9-10H2. The van der Waals surface area contributed by atoms with Gasteiger partial charge >= 0.3 is 0 Å². The molecule has 0 bridgehead atoms. The second-order valence-electron chi connectivity index (χ2n) is 3.91. The lowest BCUT2D eigenvalue weighted by Gasteiger charge is -2.06. The fourth-order valence-corrected chi connectivity index (χ4v) is 3.23. The maximum atomic E-state index is 13.5. The van der Waals surface area contributed by atoms with Gasteiger partial charge in [-0.05, 0) is 17.7 Å². The minimum atomic E-state index is -1.17. The van der Waals surface area contributed by atoms with Crippen LogP contribution in [-0.2, 0) is 22.3 Å². The van der Waals surface area contributed by atoms with E-state index in [9.17, 15) is 8.60 Å². The number of benzene rings is 2. The molecule has 2 rings (SSSR count). The summed E-state index contributed by atoms with van der Waals surface area (Å²) in [5.74, 6) is 0.148. The molecule has 1 atom stereocenters. The summed E-state index contributed by atoms with van der Waals surface area (Å²) in [6, 6.07) is 14.0. The Morgan fingerprint density at radius 2 is 1.72 bits per heavy atom. The molecular weight excluding hydrogens is 271 g/mol. The molecule has 0 aliphatic heterocycles. The van der Waals surface area contributed by atoms with Gasteiger partial charge in [-0.2, -0.15) is 0 Å². The molecule has 4 heteroatoms. The van der Waals surface area contributed by atoms with Crippen LogP contribution in [-0.4, -0.2) is 4.21 Å². The summed E-state index contributed by atoms with van der Waals surface area (Å²) in [6.07, 6.45) is 0. The first kappa shape index (κ1) is 13.2. The van der Waals surface area contributed by atoms with Crippen molar-refractivity contribution in [3.63, 3.8) is 0 Å². The zero-order valence-electron chi connectivity index (χ0n) is 9.61. The van der Waals surface area contributed by atoms with Crippen molar-refractivity contribution in [2.45, 2.75) is 11.5 Å². The van der Waals surface area contributed by atoms with E-state index in [0.717, 1.165) is 5.56 Å². The maximum absolute atomic E-state index is 13.5. The fraction of sp³-hybridized carbons (Fsp3) is 0.143. The molecule has 0 fully saturated rings. The highest BCUT2D eigenvalue weighted by atomic mass is 35.5. The quantitative estimate of drug-likeness (QED) is 0.830. The Morgan fingerprint density at radius 3 is 2.39 bits per heavy atom. The Balaban J connectivity index is 2.08. The monoisotopic (exact) mass is 282 g/mol. The van der Waals surface area contributed by atoms with Crippen LogP contribution in [0.1, 0.15) is 11.1 Å². The Labute approximate surface area is 113 Å². The molecule has 0 saturated carbocycles. The van der Waals surface area contributed by atoms with Gasteiger partial charge in [-0.15, -0.1) is 0 Å². The van der Waals surface area contributed by atoms with E-state index in [1.165, 1.54) is 6.07 Å². The Kier molecular flexibility index (Phi) is 4.50. The third kappa shape index (κ3) is 3.40. The Bertz CT molecular complexity index is 537. The average molecular weight is 283 g/mol. The molecule has 0 heterocycles. The molecule has 0 aliphatic carbocycles. The first-order chi connectivity index (χ1) is 8.66. The molecule has 0 spiro atoms. The highest BCUT2D eigenvalue weighted by Crippen LogP contribution is 2.21. The number of hydrogen-bond acceptors (Lipinski definition) is 1. The van der Waals surface area contributed by atoms with Crippen molar-refractivity contribution in [3.8, 4) is 0 Å². The van der Waals surface area contributed by atoms with Crippen LogP contribution in [0.2, 0.25) is 5.02 Å². The van der Waals surface area contributed by atoms with Crippen LogP contribution in [0.15, 0.2) is 48.5 Å². The second-order valence-corrected chi connectivity index (χ2v) is 5.78. The first-order valence-electron chi connectivity index (χ1n) is 5.48. The molecule has 0 aromatic heterocycles. The van der Waals surface area contributed by atoms with Crippen molar-refractivity contribution in [2.24, 2.45) is 0 Å². The van der Waals surface area contributed by atoms with Gasteiger partial charge in [0.15, 0.2) is 0 Å². The van der Waals surface area contributed by atoms with Crippen LogP contribution >= 0.6 is 11.6 Å². The molecule has 94 valence electrons. The summed E-state index contributed by atoms with van der Waals surface area (Å²) in [5.41, 5.74) is 1.30. The SMILES string of the molecule is O=S(Cc1ccccc1)Cc1c(F)cccc1Cl. The molecule has 2 aromatic carbocycles. The van der Waals surface area contributed by atoms with Crippen molar-refractivity contribution < 1.29 is 8.60 Å². The molecule has 2 aromatic rings. The van der Waals surface area contributed by atoms with Crippen LogP contribution in [0.5, 0.6) is 0 Å². The summed E-state index contributed by atoms with van der Waals surface area (Å²) in [6.45, 7) is 0. The van der Waals surface area contributed by atoms with Gasteiger partial charge < -0.3 is 0 Å². The first-order valence-corrected chi connectivity index (χ1v) is 7.35. The van der Waals surface area contributed by atoms with Crippen molar-refractivity contribution in [3.05, 3.63) is 70.5 Å². The van der Waals surface area contributed by atoms with E-state index in [4.69, 9.17) is 11.6 Å². The lowest BCUT2D eigenvalue weighted by Crippen LogP contribution is -2.02. The summed E-state index contributed by atoms with van der Waals surface area (Å²) in [5, 5.41) is 0.330. The summed E-state index contributed by atoms with van der Waals surface area (Å²) in [7, 11) is -1.17. The van der Waals surface area contributed by atoms with E-state index in [0.29, 0.717) is 16.3 Å². The second kappa shape index (κ2) is 6.12. The van der Waals surface area contributed by atoms with Gasteiger partial charge in [0.1, 0.15) is 5.82 Å². The molecule has 1 unspecified atom stereocenters. The summed E-state index contributed by atoms with van der Waals surface area (Å²) >= 11 is 5.90. The van der Waals surface area contributed by atoms with Crippen LogP contribution in [0.3, 0.4) is 0 Å². The smallest absolute Gasteiger partial charge is 0.128 e. The Hall–Kier alpha value is -1.19. The van der Waals surface area contributed by atoms with Crippen molar-refractivity contribution >= 4 is 22.4 Å². The van der Waals surface area contributed by atoms with E-state index >= 15 is 0 Å². The predicted molar refractivity (Wildman–Crippen MR) is 73.4 cm³/mol. The molecular formula is C14H12ClFOS. The lowest BCUT2D eigenvalue weighted by molar-refractivity contribution is 0.615. The van der Waals surface area contributed by atoms with Crippen LogP contribution in [0, 0.1) is 5.82 Å². The predicted octanol–water partition coefficient (Wildman–Crippen LogP) is 3.93. The topological polar surface area (TPSA) is 17.1 Å². The molecule has 0 amide bonds. The van der Waals surface area contributed by atoms with Crippen LogP contribution in [0.25, 0.3) is 0 Å². The summed E-state index contributed by atoms with van der Waals surface area (Å²) < 4.78 is 25.5. The zero-order valence-corrected chi connectivity index (χ0v) is 11.2. The van der Waals surface area contributed by atoms with Gasteiger partial charge in [0.2, 0.25) is 0 Å². The van der Waals surface area contributed by atoms with E-state index < -0.39 is 16.6 Å². The van der Waals surface area contributed by atoms with Gasteiger partial charge in [0.25, 0.3) is 0 Å². The number of hydrogen-bond donors (Lipinski definition) is 0. The zero-order chi connectivity index (χ0) is 13.0. The Morgan fingerprint density at radius 1 is 1.00 bits per heavy atom. The van der Waals surface area contributed by atoms with Gasteiger partial charge in [0.05, 0.1) is 5.75 Å². The van der Waals surface area contributed by atoms with Crippen LogP contribution in [0.4, 0.5) is 4.39 Å². The van der Waals surface area contributed by atoms with E-state index in [-0.39, 0.29) is 5.75 Å². The number of halogens is 2. The minimum Gasteiger partial charge on any atom is -0.259 e. The molecule has 0 N–H and O–H groups in total.